The van der Waals surface area contributed by atoms with Crippen LogP contribution < -0.4 is 5.32 Å². The number of carbonyl (C=O) groups excluding carboxylic acids is 1. The maximum absolute atomic E-state index is 12.7. The van der Waals surface area contributed by atoms with Gasteiger partial charge < -0.3 is 19.7 Å². The Morgan fingerprint density at radius 2 is 1.92 bits per heavy atom. The summed E-state index contributed by atoms with van der Waals surface area (Å²) in [4.78, 5) is 28.2. The van der Waals surface area contributed by atoms with E-state index in [1.807, 2.05) is 17.7 Å². The molecule has 7 nitrogen and oxygen atoms in total. The highest BCUT2D eigenvalue weighted by atomic mass is 16.5. The van der Waals surface area contributed by atoms with Gasteiger partial charge in [-0.3, -0.25) is 4.79 Å². The number of amides is 1. The second-order valence-electron chi connectivity index (χ2n) is 6.35. The molecule has 2 heterocycles. The minimum atomic E-state index is -1.01. The molecule has 1 fully saturated rings. The van der Waals surface area contributed by atoms with Crippen LogP contribution in [0.4, 0.5) is 0 Å². The Hall–Kier alpha value is -2.67. The normalized spacial score (nSPS) is 16.2. The van der Waals surface area contributed by atoms with Crippen LogP contribution in [-0.4, -0.2) is 39.7 Å². The average molecular weight is 357 g/mol. The van der Waals surface area contributed by atoms with Crippen molar-refractivity contribution >= 4 is 11.9 Å². The molecule has 2 aromatic rings. The first-order chi connectivity index (χ1) is 12.6. The van der Waals surface area contributed by atoms with Gasteiger partial charge in [0.05, 0.1) is 11.6 Å². The van der Waals surface area contributed by atoms with Crippen molar-refractivity contribution in [3.63, 3.8) is 0 Å². The number of nitrogens with zero attached hydrogens (tertiary/aromatic N) is 2. The van der Waals surface area contributed by atoms with E-state index < -0.39 is 5.97 Å². The lowest BCUT2D eigenvalue weighted by atomic mass is 9.90. The number of carboxylic acids is 1. The lowest BCUT2D eigenvalue weighted by Crippen LogP contribution is -2.37. The van der Waals surface area contributed by atoms with Crippen LogP contribution in [0.1, 0.15) is 52.3 Å². The number of aromatic nitrogens is 2. The zero-order valence-corrected chi connectivity index (χ0v) is 14.7. The third kappa shape index (κ3) is 3.94. The first kappa shape index (κ1) is 18.1. The van der Waals surface area contributed by atoms with Gasteiger partial charge in [0.1, 0.15) is 5.82 Å². The number of rotatable bonds is 6. The lowest BCUT2D eigenvalue weighted by Gasteiger charge is -2.31. The molecular weight excluding hydrogens is 334 g/mol. The molecule has 7 heteroatoms. The number of hydrogen-bond acceptors (Lipinski definition) is 4. The molecule has 26 heavy (non-hydrogen) atoms. The standard InChI is InChI=1S/C19H23N3O4/c1-2-22-10-9-20-17(22)16(13-7-11-26-12-8-13)21-18(23)14-3-5-15(6-4-14)19(24)25/h3-6,9-10,13,16H,2,7-8,11-12H2,1H3,(H,21,23)(H,24,25). The van der Waals surface area contributed by atoms with Crippen molar-refractivity contribution < 1.29 is 19.4 Å². The van der Waals surface area contributed by atoms with Gasteiger partial charge in [-0.1, -0.05) is 0 Å². The molecule has 1 unspecified atom stereocenters. The summed E-state index contributed by atoms with van der Waals surface area (Å²) in [7, 11) is 0. The van der Waals surface area contributed by atoms with Crippen molar-refractivity contribution in [1.82, 2.24) is 14.9 Å². The van der Waals surface area contributed by atoms with Crippen molar-refractivity contribution in [3.8, 4) is 0 Å². The highest BCUT2D eigenvalue weighted by molar-refractivity contribution is 5.96. The zero-order chi connectivity index (χ0) is 18.5. The summed E-state index contributed by atoms with van der Waals surface area (Å²) in [6.07, 6.45) is 5.38. The summed E-state index contributed by atoms with van der Waals surface area (Å²) >= 11 is 0. The maximum Gasteiger partial charge on any atom is 0.335 e. The molecule has 138 valence electrons. The largest absolute Gasteiger partial charge is 0.478 e. The van der Waals surface area contributed by atoms with Gasteiger partial charge in [0.25, 0.3) is 5.91 Å². The molecule has 1 amide bonds. The molecule has 2 N–H and O–H groups in total. The van der Waals surface area contributed by atoms with Gasteiger partial charge >= 0.3 is 5.97 Å². The van der Waals surface area contributed by atoms with E-state index in [4.69, 9.17) is 9.84 Å². The number of nitrogens with one attached hydrogen (secondary N) is 1. The van der Waals surface area contributed by atoms with Crippen LogP contribution in [0.15, 0.2) is 36.7 Å². The molecule has 0 saturated carbocycles. The van der Waals surface area contributed by atoms with E-state index in [2.05, 4.69) is 10.3 Å². The van der Waals surface area contributed by atoms with Crippen molar-refractivity contribution in [3.05, 3.63) is 53.6 Å². The van der Waals surface area contributed by atoms with Gasteiger partial charge in [0, 0.05) is 37.7 Å². The number of carboxylic acid groups (broad SMARTS) is 1. The maximum atomic E-state index is 12.7. The molecule has 1 aromatic carbocycles. The minimum Gasteiger partial charge on any atom is -0.478 e. The third-order valence-corrected chi connectivity index (χ3v) is 4.78. The van der Waals surface area contributed by atoms with E-state index in [0.29, 0.717) is 18.8 Å². The highest BCUT2D eigenvalue weighted by Crippen LogP contribution is 2.29. The molecule has 1 saturated heterocycles. The molecule has 0 radical (unpaired) electrons. The number of ether oxygens (including phenoxy) is 1. The fourth-order valence-electron chi connectivity index (χ4n) is 3.30. The Balaban J connectivity index is 1.82. The predicted octanol–water partition coefficient (Wildman–Crippen LogP) is 2.50. The fraction of sp³-hybridized carbons (Fsp3) is 0.421. The Morgan fingerprint density at radius 1 is 1.27 bits per heavy atom. The number of imidazole rings is 1. The molecule has 0 aliphatic carbocycles. The molecule has 1 aliphatic rings. The molecule has 1 aromatic heterocycles. The van der Waals surface area contributed by atoms with Gasteiger partial charge in [0.2, 0.25) is 0 Å². The van der Waals surface area contributed by atoms with Gasteiger partial charge in [-0.15, -0.1) is 0 Å². The molecule has 3 rings (SSSR count). The lowest BCUT2D eigenvalue weighted by molar-refractivity contribution is 0.0498. The highest BCUT2D eigenvalue weighted by Gasteiger charge is 2.30. The summed E-state index contributed by atoms with van der Waals surface area (Å²) in [5.41, 5.74) is 0.589. The van der Waals surface area contributed by atoms with Gasteiger partial charge in [-0.2, -0.15) is 0 Å². The SMILES string of the molecule is CCn1ccnc1C(NC(=O)c1ccc(C(=O)O)cc1)C1CCOCC1. The predicted molar refractivity (Wildman–Crippen MR) is 95.1 cm³/mol. The number of aryl methyl sites for hydroxylation is 1. The summed E-state index contributed by atoms with van der Waals surface area (Å²) in [5, 5.41) is 12.1. The number of carbonyl (C=O) groups is 2. The summed E-state index contributed by atoms with van der Waals surface area (Å²) in [6, 6.07) is 5.74. The van der Waals surface area contributed by atoms with Crippen LogP contribution in [0, 0.1) is 5.92 Å². The number of aromatic carboxylic acids is 1. The smallest absolute Gasteiger partial charge is 0.335 e. The van der Waals surface area contributed by atoms with Crippen LogP contribution in [0.25, 0.3) is 0 Å². The van der Waals surface area contributed by atoms with Crippen LogP contribution in [0.2, 0.25) is 0 Å². The van der Waals surface area contributed by atoms with E-state index in [1.165, 1.54) is 24.3 Å². The van der Waals surface area contributed by atoms with Gasteiger partial charge in [-0.25, -0.2) is 9.78 Å². The summed E-state index contributed by atoms with van der Waals surface area (Å²) in [6.45, 7) is 4.17. The van der Waals surface area contributed by atoms with Crippen LogP contribution >= 0.6 is 0 Å². The Morgan fingerprint density at radius 3 is 2.54 bits per heavy atom. The summed E-state index contributed by atoms with van der Waals surface area (Å²) in [5.74, 6) is -0.153. The molecule has 1 atom stereocenters. The number of benzene rings is 1. The van der Waals surface area contributed by atoms with Crippen LogP contribution in [0.5, 0.6) is 0 Å². The first-order valence-electron chi connectivity index (χ1n) is 8.83. The Bertz CT molecular complexity index is 763. The fourth-order valence-corrected chi connectivity index (χ4v) is 3.30. The van der Waals surface area contributed by atoms with Gasteiger partial charge in [-0.05, 0) is 49.9 Å². The molecular formula is C19H23N3O4. The van der Waals surface area contributed by atoms with Crippen molar-refractivity contribution in [2.75, 3.05) is 13.2 Å². The van der Waals surface area contributed by atoms with Gasteiger partial charge in [0.15, 0.2) is 0 Å². The van der Waals surface area contributed by atoms with E-state index in [9.17, 15) is 9.59 Å². The molecule has 1 aliphatic heterocycles. The monoisotopic (exact) mass is 357 g/mol. The topological polar surface area (TPSA) is 93.5 Å². The third-order valence-electron chi connectivity index (χ3n) is 4.78. The van der Waals surface area contributed by atoms with E-state index in [-0.39, 0.29) is 23.4 Å². The quantitative estimate of drug-likeness (QED) is 0.828. The van der Waals surface area contributed by atoms with E-state index >= 15 is 0 Å². The molecule has 0 bridgehead atoms. The van der Waals surface area contributed by atoms with E-state index in [0.717, 1.165) is 25.2 Å². The van der Waals surface area contributed by atoms with Crippen molar-refractivity contribution in [2.45, 2.75) is 32.4 Å². The minimum absolute atomic E-state index is 0.157. The van der Waals surface area contributed by atoms with Crippen molar-refractivity contribution in [2.24, 2.45) is 5.92 Å². The Labute approximate surface area is 152 Å². The van der Waals surface area contributed by atoms with Crippen LogP contribution in [-0.2, 0) is 11.3 Å². The second kappa shape index (κ2) is 8.14. The Kier molecular flexibility index (Phi) is 5.68. The average Bonchev–Trinajstić information content (AvgIpc) is 3.15. The zero-order valence-electron chi connectivity index (χ0n) is 14.7. The number of hydrogen-bond donors (Lipinski definition) is 2. The van der Waals surface area contributed by atoms with Crippen LogP contribution in [0.3, 0.4) is 0 Å². The second-order valence-corrected chi connectivity index (χ2v) is 6.35. The summed E-state index contributed by atoms with van der Waals surface area (Å²) < 4.78 is 7.49. The first-order valence-corrected chi connectivity index (χ1v) is 8.83. The van der Waals surface area contributed by atoms with E-state index in [1.54, 1.807) is 6.20 Å². The van der Waals surface area contributed by atoms with Crippen molar-refractivity contribution in [1.29, 1.82) is 0 Å². The molecule has 0 spiro atoms.